The predicted molar refractivity (Wildman–Crippen MR) is 80.8 cm³/mol. The summed E-state index contributed by atoms with van der Waals surface area (Å²) < 4.78 is 64.8. The molecule has 2 rings (SSSR count). The van der Waals surface area contributed by atoms with Gasteiger partial charge in [0.25, 0.3) is 10.0 Å². The van der Waals surface area contributed by atoms with Crippen LogP contribution in [-0.2, 0) is 16.2 Å². The molecule has 0 spiro atoms. The largest absolute Gasteiger partial charge is 0.416 e. The van der Waals surface area contributed by atoms with Crippen molar-refractivity contribution in [2.45, 2.75) is 11.1 Å². The fourth-order valence-electron chi connectivity index (χ4n) is 1.78. The molecule has 0 unspecified atom stereocenters. The number of alkyl halides is 3. The molecule has 0 fully saturated rings. The maximum atomic E-state index is 12.7. The fourth-order valence-corrected chi connectivity index (χ4v) is 2.88. The molecule has 9 heteroatoms. The quantitative estimate of drug-likeness (QED) is 0.925. The molecule has 1 aromatic carbocycles. The lowest BCUT2D eigenvalue weighted by Gasteiger charge is -2.14. The molecule has 0 atom stereocenters. The summed E-state index contributed by atoms with van der Waals surface area (Å²) in [5.74, 6) is 0.509. The number of anilines is 2. The lowest BCUT2D eigenvalue weighted by molar-refractivity contribution is -0.137. The van der Waals surface area contributed by atoms with Crippen molar-refractivity contribution >= 4 is 21.5 Å². The highest BCUT2D eigenvalue weighted by molar-refractivity contribution is 7.92. The molecule has 0 aliphatic carbocycles. The van der Waals surface area contributed by atoms with Crippen molar-refractivity contribution < 1.29 is 21.6 Å². The minimum absolute atomic E-state index is 0.209. The lowest BCUT2D eigenvalue weighted by Crippen LogP contribution is -2.16. The van der Waals surface area contributed by atoms with Crippen molar-refractivity contribution in [1.29, 1.82) is 0 Å². The highest BCUT2D eigenvalue weighted by atomic mass is 32.2. The maximum Gasteiger partial charge on any atom is 0.416 e. The second-order valence-corrected chi connectivity index (χ2v) is 6.61. The highest BCUT2D eigenvalue weighted by Crippen LogP contribution is 2.31. The molecule has 0 bridgehead atoms. The van der Waals surface area contributed by atoms with Gasteiger partial charge in [0.1, 0.15) is 5.82 Å². The van der Waals surface area contributed by atoms with Gasteiger partial charge in [-0.15, -0.1) is 0 Å². The third-order valence-electron chi connectivity index (χ3n) is 2.93. The van der Waals surface area contributed by atoms with Gasteiger partial charge in [0, 0.05) is 26.4 Å². The Bertz CT molecular complexity index is 805. The summed E-state index contributed by atoms with van der Waals surface area (Å²) in [7, 11) is -0.676. The van der Waals surface area contributed by atoms with Crippen molar-refractivity contribution in [3.8, 4) is 0 Å². The van der Waals surface area contributed by atoms with E-state index < -0.39 is 26.7 Å². The van der Waals surface area contributed by atoms with E-state index in [0.29, 0.717) is 11.9 Å². The van der Waals surface area contributed by atoms with Gasteiger partial charge < -0.3 is 4.90 Å². The summed E-state index contributed by atoms with van der Waals surface area (Å²) >= 11 is 0. The minimum Gasteiger partial charge on any atom is -0.363 e. The van der Waals surface area contributed by atoms with Gasteiger partial charge >= 0.3 is 6.18 Å². The van der Waals surface area contributed by atoms with Crippen LogP contribution in [0.3, 0.4) is 0 Å². The molecular formula is C14H14F3N3O2S. The Morgan fingerprint density at radius 1 is 1.13 bits per heavy atom. The van der Waals surface area contributed by atoms with E-state index in [1.54, 1.807) is 19.0 Å². The second-order valence-electron chi connectivity index (χ2n) is 4.93. The summed E-state index contributed by atoms with van der Waals surface area (Å²) in [5.41, 5.74) is -0.815. The van der Waals surface area contributed by atoms with Gasteiger partial charge in [-0.1, -0.05) is 6.07 Å². The number of pyridine rings is 1. The smallest absolute Gasteiger partial charge is 0.363 e. The molecule has 2 aromatic rings. The Labute approximate surface area is 131 Å². The second kappa shape index (κ2) is 6.07. The molecule has 1 heterocycles. The molecule has 5 nitrogen and oxygen atoms in total. The molecule has 124 valence electrons. The molecule has 0 saturated heterocycles. The van der Waals surface area contributed by atoms with E-state index in [1.807, 2.05) is 0 Å². The van der Waals surface area contributed by atoms with Crippen LogP contribution >= 0.6 is 0 Å². The van der Waals surface area contributed by atoms with Crippen LogP contribution < -0.4 is 9.62 Å². The summed E-state index contributed by atoms with van der Waals surface area (Å²) in [6.07, 6.45) is -3.21. The molecule has 0 amide bonds. The standard InChI is InChI=1S/C14H14F3N3O2S/c1-20(2)13-9-11(6-7-18-13)19-23(21,22)12-5-3-4-10(8-12)14(15,16)17/h3-9H,1-2H3,(H,18,19). The normalized spacial score (nSPS) is 12.0. The molecule has 0 aliphatic rings. The van der Waals surface area contributed by atoms with Crippen LogP contribution in [0.5, 0.6) is 0 Å². The van der Waals surface area contributed by atoms with E-state index in [-0.39, 0.29) is 5.69 Å². The molecule has 1 N–H and O–H groups in total. The molecule has 0 radical (unpaired) electrons. The van der Waals surface area contributed by atoms with Gasteiger partial charge in [0.15, 0.2) is 0 Å². The zero-order chi connectivity index (χ0) is 17.3. The SMILES string of the molecule is CN(C)c1cc(NS(=O)(=O)c2cccc(C(F)(F)F)c2)ccn1. The first-order chi connectivity index (χ1) is 10.6. The van der Waals surface area contributed by atoms with Gasteiger partial charge in [-0.3, -0.25) is 4.72 Å². The third kappa shape index (κ3) is 4.13. The number of halogens is 3. The number of nitrogens with zero attached hydrogens (tertiary/aromatic N) is 2. The van der Waals surface area contributed by atoms with Crippen LogP contribution in [0.1, 0.15) is 5.56 Å². The Hall–Kier alpha value is -2.29. The number of aromatic nitrogens is 1. The average Bonchev–Trinajstić information content (AvgIpc) is 2.46. The zero-order valence-electron chi connectivity index (χ0n) is 12.3. The highest BCUT2D eigenvalue weighted by Gasteiger charge is 2.31. The van der Waals surface area contributed by atoms with Gasteiger partial charge in [-0.05, 0) is 24.3 Å². The van der Waals surface area contributed by atoms with Crippen LogP contribution in [0.25, 0.3) is 0 Å². The topological polar surface area (TPSA) is 62.3 Å². The van der Waals surface area contributed by atoms with E-state index in [0.717, 1.165) is 18.2 Å². The van der Waals surface area contributed by atoms with Gasteiger partial charge in [0.2, 0.25) is 0 Å². The van der Waals surface area contributed by atoms with Gasteiger partial charge in [-0.2, -0.15) is 13.2 Å². The first-order valence-corrected chi connectivity index (χ1v) is 7.91. The molecule has 0 aliphatic heterocycles. The number of hydrogen-bond acceptors (Lipinski definition) is 4. The van der Waals surface area contributed by atoms with Gasteiger partial charge in [-0.25, -0.2) is 13.4 Å². The van der Waals surface area contributed by atoms with E-state index >= 15 is 0 Å². The number of benzene rings is 1. The summed E-state index contributed by atoms with van der Waals surface area (Å²) in [5, 5.41) is 0. The van der Waals surface area contributed by atoms with Crippen LogP contribution in [0, 0.1) is 0 Å². The zero-order valence-corrected chi connectivity index (χ0v) is 13.1. The Balaban J connectivity index is 2.34. The Kier molecular flexibility index (Phi) is 4.51. The third-order valence-corrected chi connectivity index (χ3v) is 4.31. The Morgan fingerprint density at radius 3 is 2.43 bits per heavy atom. The predicted octanol–water partition coefficient (Wildman–Crippen LogP) is 2.97. The van der Waals surface area contributed by atoms with Crippen molar-refractivity contribution in [1.82, 2.24) is 4.98 Å². The number of sulfonamides is 1. The minimum atomic E-state index is -4.61. The van der Waals surface area contributed by atoms with Crippen molar-refractivity contribution in [3.63, 3.8) is 0 Å². The van der Waals surface area contributed by atoms with Crippen molar-refractivity contribution in [2.24, 2.45) is 0 Å². The van der Waals surface area contributed by atoms with Crippen LogP contribution in [0.15, 0.2) is 47.5 Å². The van der Waals surface area contributed by atoms with E-state index in [4.69, 9.17) is 0 Å². The van der Waals surface area contributed by atoms with E-state index in [9.17, 15) is 21.6 Å². The average molecular weight is 345 g/mol. The maximum absolute atomic E-state index is 12.7. The van der Waals surface area contributed by atoms with E-state index in [1.165, 1.54) is 18.3 Å². The van der Waals surface area contributed by atoms with E-state index in [2.05, 4.69) is 9.71 Å². The van der Waals surface area contributed by atoms with Crippen LogP contribution in [-0.4, -0.2) is 27.5 Å². The molecule has 23 heavy (non-hydrogen) atoms. The van der Waals surface area contributed by atoms with Crippen molar-refractivity contribution in [2.75, 3.05) is 23.7 Å². The molecular weight excluding hydrogens is 331 g/mol. The molecule has 0 saturated carbocycles. The fraction of sp³-hybridized carbons (Fsp3) is 0.214. The number of hydrogen-bond donors (Lipinski definition) is 1. The lowest BCUT2D eigenvalue weighted by atomic mass is 10.2. The van der Waals surface area contributed by atoms with Crippen LogP contribution in [0.2, 0.25) is 0 Å². The number of rotatable bonds is 4. The summed E-state index contributed by atoms with van der Waals surface area (Å²) in [4.78, 5) is 5.24. The summed E-state index contributed by atoms with van der Waals surface area (Å²) in [6.45, 7) is 0. The van der Waals surface area contributed by atoms with Crippen LogP contribution in [0.4, 0.5) is 24.7 Å². The van der Waals surface area contributed by atoms with Crippen molar-refractivity contribution in [3.05, 3.63) is 48.2 Å². The first kappa shape index (κ1) is 17.1. The Morgan fingerprint density at radius 2 is 1.83 bits per heavy atom. The number of nitrogens with one attached hydrogen (secondary N) is 1. The summed E-state index contributed by atoms with van der Waals surface area (Å²) in [6, 6.07) is 6.45. The molecule has 1 aromatic heterocycles. The first-order valence-electron chi connectivity index (χ1n) is 6.43. The van der Waals surface area contributed by atoms with Gasteiger partial charge in [0.05, 0.1) is 16.1 Å². The monoisotopic (exact) mass is 345 g/mol.